The highest BCUT2D eigenvalue weighted by Crippen LogP contribution is 2.23. The van der Waals surface area contributed by atoms with Crippen molar-refractivity contribution in [3.63, 3.8) is 0 Å². The first-order valence-electron chi connectivity index (χ1n) is 4.17. The fraction of sp³-hybridized carbons (Fsp3) is 0.667. The third-order valence-electron chi connectivity index (χ3n) is 1.97. The zero-order chi connectivity index (χ0) is 8.81. The minimum atomic E-state index is -0.242. The van der Waals surface area contributed by atoms with Gasteiger partial charge < -0.3 is 4.74 Å². The van der Waals surface area contributed by atoms with E-state index in [0.717, 1.165) is 0 Å². The van der Waals surface area contributed by atoms with Crippen molar-refractivity contribution in [2.75, 3.05) is 18.6 Å². The zero-order valence-corrected chi connectivity index (χ0v) is 8.10. The summed E-state index contributed by atoms with van der Waals surface area (Å²) in [5.41, 5.74) is 0. The Hall–Kier alpha value is -0.440. The maximum atomic E-state index is 10.7. The Bertz CT molecular complexity index is 171. The molecule has 68 valence electrons. The first-order chi connectivity index (χ1) is 5.83. The van der Waals surface area contributed by atoms with Gasteiger partial charge in [-0.3, -0.25) is 0 Å². The van der Waals surface area contributed by atoms with E-state index in [9.17, 15) is 4.79 Å². The first-order valence-corrected chi connectivity index (χ1v) is 5.32. The van der Waals surface area contributed by atoms with Crippen LogP contribution in [0.1, 0.15) is 12.8 Å². The molecule has 0 aromatic carbocycles. The summed E-state index contributed by atoms with van der Waals surface area (Å²) in [4.78, 5) is 10.7. The predicted molar refractivity (Wildman–Crippen MR) is 51.2 cm³/mol. The van der Waals surface area contributed by atoms with Gasteiger partial charge in [-0.05, 0) is 30.3 Å². The number of carbonyl (C=O) groups is 1. The van der Waals surface area contributed by atoms with Gasteiger partial charge in [-0.1, -0.05) is 6.08 Å². The van der Waals surface area contributed by atoms with Gasteiger partial charge in [0, 0.05) is 6.08 Å². The number of allylic oxidation sites excluding steroid dienone is 1. The Labute approximate surface area is 77.4 Å². The molecule has 3 heteroatoms. The number of carbonyl (C=O) groups excluding carboxylic acids is 1. The first kappa shape index (κ1) is 9.65. The highest BCUT2D eigenvalue weighted by molar-refractivity contribution is 7.99. The van der Waals surface area contributed by atoms with Gasteiger partial charge in [0.15, 0.2) is 0 Å². The molecule has 1 aliphatic rings. The second-order valence-electron chi connectivity index (χ2n) is 2.83. The molecule has 0 aromatic heterocycles. The van der Waals surface area contributed by atoms with Gasteiger partial charge in [0.1, 0.15) is 0 Å². The molecular formula is C9H14O2S. The number of esters is 1. The summed E-state index contributed by atoms with van der Waals surface area (Å²) < 4.78 is 4.51. The molecule has 0 N–H and O–H groups in total. The van der Waals surface area contributed by atoms with Crippen LogP contribution in [-0.4, -0.2) is 24.6 Å². The molecule has 1 saturated heterocycles. The molecule has 12 heavy (non-hydrogen) atoms. The maximum Gasteiger partial charge on any atom is 0.330 e. The molecule has 0 spiro atoms. The molecule has 0 unspecified atom stereocenters. The van der Waals surface area contributed by atoms with Crippen molar-refractivity contribution >= 4 is 17.7 Å². The largest absolute Gasteiger partial charge is 0.466 e. The van der Waals surface area contributed by atoms with Crippen molar-refractivity contribution in [2.45, 2.75) is 12.8 Å². The fourth-order valence-corrected chi connectivity index (χ4v) is 2.33. The second-order valence-corrected chi connectivity index (χ2v) is 4.06. The van der Waals surface area contributed by atoms with E-state index >= 15 is 0 Å². The van der Waals surface area contributed by atoms with E-state index in [-0.39, 0.29) is 5.97 Å². The number of ether oxygens (including phenoxy) is 1. The van der Waals surface area contributed by atoms with E-state index in [4.69, 9.17) is 0 Å². The summed E-state index contributed by atoms with van der Waals surface area (Å²) >= 11 is 1.99. The molecule has 1 rings (SSSR count). The topological polar surface area (TPSA) is 26.3 Å². The van der Waals surface area contributed by atoms with E-state index in [1.807, 2.05) is 17.8 Å². The molecule has 0 radical (unpaired) electrons. The van der Waals surface area contributed by atoms with Crippen LogP contribution in [0.2, 0.25) is 0 Å². The highest BCUT2D eigenvalue weighted by atomic mass is 32.2. The summed E-state index contributed by atoms with van der Waals surface area (Å²) in [5, 5.41) is 0. The number of methoxy groups -OCH3 is 1. The van der Waals surface area contributed by atoms with Gasteiger partial charge in [0.25, 0.3) is 0 Å². The van der Waals surface area contributed by atoms with E-state index < -0.39 is 0 Å². The third kappa shape index (κ3) is 3.30. The van der Waals surface area contributed by atoms with Crippen molar-refractivity contribution in [1.82, 2.24) is 0 Å². The van der Waals surface area contributed by atoms with Crippen molar-refractivity contribution in [2.24, 2.45) is 5.92 Å². The summed E-state index contributed by atoms with van der Waals surface area (Å²) in [5.74, 6) is 2.78. The standard InChI is InChI=1S/C9H14O2S/c1-11-9(10)3-2-8-4-6-12-7-5-8/h2-3,8H,4-7H2,1H3/b3-2-. The van der Waals surface area contributed by atoms with Crippen LogP contribution in [-0.2, 0) is 9.53 Å². The molecule has 2 nitrogen and oxygen atoms in total. The Morgan fingerprint density at radius 2 is 2.17 bits per heavy atom. The molecule has 0 aromatic rings. The van der Waals surface area contributed by atoms with Crippen molar-refractivity contribution in [1.29, 1.82) is 0 Å². The Morgan fingerprint density at radius 1 is 1.50 bits per heavy atom. The molecule has 0 amide bonds. The van der Waals surface area contributed by atoms with Gasteiger partial charge >= 0.3 is 5.97 Å². The summed E-state index contributed by atoms with van der Waals surface area (Å²) in [7, 11) is 1.41. The normalized spacial score (nSPS) is 19.8. The molecular weight excluding hydrogens is 172 g/mol. The van der Waals surface area contributed by atoms with Crippen LogP contribution < -0.4 is 0 Å². The number of hydrogen-bond acceptors (Lipinski definition) is 3. The van der Waals surface area contributed by atoms with Gasteiger partial charge in [-0.15, -0.1) is 0 Å². The zero-order valence-electron chi connectivity index (χ0n) is 7.29. The Kier molecular flexibility index (Phi) is 4.22. The Morgan fingerprint density at radius 3 is 2.75 bits per heavy atom. The SMILES string of the molecule is COC(=O)/C=C\C1CCSCC1. The minimum absolute atomic E-state index is 0.242. The lowest BCUT2D eigenvalue weighted by molar-refractivity contribution is -0.134. The van der Waals surface area contributed by atoms with Crippen LogP contribution in [0.25, 0.3) is 0 Å². The Balaban J connectivity index is 2.28. The quantitative estimate of drug-likeness (QED) is 0.486. The van der Waals surface area contributed by atoms with E-state index in [2.05, 4.69) is 4.74 Å². The van der Waals surface area contributed by atoms with Crippen molar-refractivity contribution in [3.8, 4) is 0 Å². The summed E-state index contributed by atoms with van der Waals surface area (Å²) in [6.45, 7) is 0. The van der Waals surface area contributed by atoms with Crippen LogP contribution >= 0.6 is 11.8 Å². The molecule has 0 saturated carbocycles. The van der Waals surface area contributed by atoms with Crippen LogP contribution in [0.15, 0.2) is 12.2 Å². The third-order valence-corrected chi connectivity index (χ3v) is 3.02. The average molecular weight is 186 g/mol. The number of thioether (sulfide) groups is 1. The predicted octanol–water partition coefficient (Wildman–Crippen LogP) is 1.86. The lowest BCUT2D eigenvalue weighted by Gasteiger charge is -2.17. The van der Waals surface area contributed by atoms with E-state index in [0.29, 0.717) is 5.92 Å². The lowest BCUT2D eigenvalue weighted by atomic mass is 10.0. The molecule has 1 fully saturated rings. The fourth-order valence-electron chi connectivity index (χ4n) is 1.19. The van der Waals surface area contributed by atoms with Gasteiger partial charge in [0.2, 0.25) is 0 Å². The number of hydrogen-bond donors (Lipinski definition) is 0. The van der Waals surface area contributed by atoms with Gasteiger partial charge in [-0.2, -0.15) is 11.8 Å². The van der Waals surface area contributed by atoms with Crippen LogP contribution in [0.4, 0.5) is 0 Å². The van der Waals surface area contributed by atoms with Crippen molar-refractivity contribution < 1.29 is 9.53 Å². The van der Waals surface area contributed by atoms with Crippen LogP contribution in [0.3, 0.4) is 0 Å². The van der Waals surface area contributed by atoms with E-state index in [1.165, 1.54) is 31.5 Å². The smallest absolute Gasteiger partial charge is 0.330 e. The highest BCUT2D eigenvalue weighted by Gasteiger charge is 2.10. The number of rotatable bonds is 2. The maximum absolute atomic E-state index is 10.7. The average Bonchev–Trinajstić information content (AvgIpc) is 2.16. The molecule has 0 aliphatic carbocycles. The lowest BCUT2D eigenvalue weighted by Crippen LogP contribution is -2.07. The molecule has 0 bridgehead atoms. The van der Waals surface area contributed by atoms with Crippen LogP contribution in [0, 0.1) is 5.92 Å². The summed E-state index contributed by atoms with van der Waals surface area (Å²) in [6.07, 6.45) is 5.91. The second kappa shape index (κ2) is 5.25. The molecule has 1 heterocycles. The van der Waals surface area contributed by atoms with Gasteiger partial charge in [-0.25, -0.2) is 4.79 Å². The molecule has 0 atom stereocenters. The monoisotopic (exact) mass is 186 g/mol. The molecule has 1 aliphatic heterocycles. The van der Waals surface area contributed by atoms with E-state index in [1.54, 1.807) is 6.08 Å². The minimum Gasteiger partial charge on any atom is -0.466 e. The van der Waals surface area contributed by atoms with Gasteiger partial charge in [0.05, 0.1) is 7.11 Å². The van der Waals surface area contributed by atoms with Crippen LogP contribution in [0.5, 0.6) is 0 Å². The summed E-state index contributed by atoms with van der Waals surface area (Å²) in [6, 6.07) is 0. The van der Waals surface area contributed by atoms with Crippen molar-refractivity contribution in [3.05, 3.63) is 12.2 Å².